The quantitative estimate of drug-likeness (QED) is 0.708. The Hall–Kier alpha value is -1.92. The molecule has 114 valence electrons. The molecule has 0 aromatic heterocycles. The van der Waals surface area contributed by atoms with Crippen LogP contribution in [0.5, 0.6) is 0 Å². The van der Waals surface area contributed by atoms with Crippen molar-refractivity contribution in [2.75, 3.05) is 6.54 Å². The van der Waals surface area contributed by atoms with Crippen LogP contribution in [0, 0.1) is 0 Å². The van der Waals surface area contributed by atoms with E-state index in [1.807, 2.05) is 30.3 Å². The van der Waals surface area contributed by atoms with E-state index >= 15 is 0 Å². The van der Waals surface area contributed by atoms with Gasteiger partial charge in [0.05, 0.1) is 12.1 Å². The van der Waals surface area contributed by atoms with Crippen molar-refractivity contribution in [1.82, 2.24) is 4.90 Å². The van der Waals surface area contributed by atoms with Crippen molar-refractivity contribution in [3.63, 3.8) is 0 Å². The molecule has 1 unspecified atom stereocenters. The van der Waals surface area contributed by atoms with Crippen molar-refractivity contribution < 1.29 is 19.8 Å². The smallest absolute Gasteiger partial charge is 0.326 e. The molecule has 0 aliphatic carbocycles. The van der Waals surface area contributed by atoms with E-state index < -0.39 is 30.1 Å². The Balaban J connectivity index is 1.94. The number of carboxylic acids is 1. The number of carbonyl (C=O) groups excluding carboxylic acids is 1. The maximum atomic E-state index is 12.3. The number of rotatable bonds is 5. The SMILES string of the molecule is NC(CCc1ccccc1)C(=O)N1C[C@H](O)C[C@@H]1C(=O)O. The van der Waals surface area contributed by atoms with Crippen molar-refractivity contribution in [3.05, 3.63) is 35.9 Å². The van der Waals surface area contributed by atoms with Crippen LogP contribution in [0.15, 0.2) is 30.3 Å². The number of amides is 1. The lowest BCUT2D eigenvalue weighted by atomic mass is 10.0. The number of aliphatic carboxylic acids is 1. The summed E-state index contributed by atoms with van der Waals surface area (Å²) < 4.78 is 0. The summed E-state index contributed by atoms with van der Waals surface area (Å²) in [4.78, 5) is 24.6. The molecule has 1 fully saturated rings. The highest BCUT2D eigenvalue weighted by Gasteiger charge is 2.40. The van der Waals surface area contributed by atoms with E-state index in [0.717, 1.165) is 5.56 Å². The number of carboxylic acid groups (broad SMARTS) is 1. The summed E-state index contributed by atoms with van der Waals surface area (Å²) in [5.74, 6) is -1.51. The summed E-state index contributed by atoms with van der Waals surface area (Å²) >= 11 is 0. The molecule has 0 spiro atoms. The van der Waals surface area contributed by atoms with Crippen molar-refractivity contribution in [1.29, 1.82) is 0 Å². The first-order valence-electron chi connectivity index (χ1n) is 7.00. The molecule has 1 aromatic rings. The maximum Gasteiger partial charge on any atom is 0.326 e. The summed E-state index contributed by atoms with van der Waals surface area (Å²) in [6.07, 6.45) is 0.368. The van der Waals surface area contributed by atoms with Gasteiger partial charge in [0.1, 0.15) is 6.04 Å². The molecular weight excluding hydrogens is 272 g/mol. The van der Waals surface area contributed by atoms with Gasteiger partial charge in [0, 0.05) is 13.0 Å². The average molecular weight is 292 g/mol. The first-order chi connectivity index (χ1) is 9.99. The first-order valence-corrected chi connectivity index (χ1v) is 7.00. The summed E-state index contributed by atoms with van der Waals surface area (Å²) in [6, 6.07) is 7.93. The molecule has 0 bridgehead atoms. The number of β-amino-alcohol motifs (C(OH)–C–C–N with tert-alkyl or cyclic N) is 1. The van der Waals surface area contributed by atoms with Crippen molar-refractivity contribution in [3.8, 4) is 0 Å². The van der Waals surface area contributed by atoms with Gasteiger partial charge < -0.3 is 20.8 Å². The second-order valence-electron chi connectivity index (χ2n) is 5.36. The Bertz CT molecular complexity index is 506. The molecule has 0 radical (unpaired) electrons. The fraction of sp³-hybridized carbons (Fsp3) is 0.467. The van der Waals surface area contributed by atoms with Crippen LogP contribution in [0.25, 0.3) is 0 Å². The van der Waals surface area contributed by atoms with E-state index in [9.17, 15) is 14.7 Å². The average Bonchev–Trinajstić information content (AvgIpc) is 2.87. The van der Waals surface area contributed by atoms with Crippen molar-refractivity contribution >= 4 is 11.9 Å². The molecule has 21 heavy (non-hydrogen) atoms. The monoisotopic (exact) mass is 292 g/mol. The Kier molecular flexibility index (Phi) is 4.93. The molecular formula is C15H20N2O4. The van der Waals surface area contributed by atoms with E-state index in [1.54, 1.807) is 0 Å². The van der Waals surface area contributed by atoms with E-state index in [0.29, 0.717) is 12.8 Å². The molecule has 1 heterocycles. The Labute approximate surface area is 123 Å². The number of likely N-dealkylation sites (tertiary alicyclic amines) is 1. The Morgan fingerprint density at radius 1 is 1.33 bits per heavy atom. The number of nitrogens with zero attached hydrogens (tertiary/aromatic N) is 1. The van der Waals surface area contributed by atoms with Gasteiger partial charge in [-0.3, -0.25) is 4.79 Å². The van der Waals surface area contributed by atoms with Crippen LogP contribution in [-0.2, 0) is 16.0 Å². The molecule has 1 aromatic carbocycles. The molecule has 1 saturated heterocycles. The number of carbonyl (C=O) groups is 2. The fourth-order valence-electron chi connectivity index (χ4n) is 2.59. The lowest BCUT2D eigenvalue weighted by Gasteiger charge is -2.24. The third kappa shape index (κ3) is 3.80. The zero-order valence-corrected chi connectivity index (χ0v) is 11.7. The van der Waals surface area contributed by atoms with Crippen LogP contribution in [0.4, 0.5) is 0 Å². The number of aliphatic hydroxyl groups is 1. The molecule has 2 rings (SSSR count). The third-order valence-electron chi connectivity index (χ3n) is 3.75. The normalized spacial score (nSPS) is 23.0. The molecule has 3 atom stereocenters. The van der Waals surface area contributed by atoms with Crippen LogP contribution in [0.3, 0.4) is 0 Å². The minimum absolute atomic E-state index is 0.0365. The highest BCUT2D eigenvalue weighted by Crippen LogP contribution is 2.19. The number of aliphatic hydroxyl groups excluding tert-OH is 1. The number of nitrogens with two attached hydrogens (primary N) is 1. The highest BCUT2D eigenvalue weighted by atomic mass is 16.4. The lowest BCUT2D eigenvalue weighted by Crippen LogP contribution is -2.48. The van der Waals surface area contributed by atoms with E-state index in [1.165, 1.54) is 4.90 Å². The van der Waals surface area contributed by atoms with Crippen LogP contribution in [0.1, 0.15) is 18.4 Å². The zero-order valence-electron chi connectivity index (χ0n) is 11.7. The van der Waals surface area contributed by atoms with Gasteiger partial charge in [-0.1, -0.05) is 30.3 Å². The Morgan fingerprint density at radius 3 is 2.62 bits per heavy atom. The van der Waals surface area contributed by atoms with Crippen LogP contribution >= 0.6 is 0 Å². The van der Waals surface area contributed by atoms with Gasteiger partial charge in [-0.05, 0) is 18.4 Å². The van der Waals surface area contributed by atoms with Gasteiger partial charge in [0.25, 0.3) is 0 Å². The number of aryl methyl sites for hydroxylation is 1. The summed E-state index contributed by atoms with van der Waals surface area (Å²) in [5.41, 5.74) is 6.97. The molecule has 1 aliphatic rings. The third-order valence-corrected chi connectivity index (χ3v) is 3.75. The first kappa shape index (κ1) is 15.5. The fourth-order valence-corrected chi connectivity index (χ4v) is 2.59. The largest absolute Gasteiger partial charge is 0.480 e. The number of hydrogen-bond donors (Lipinski definition) is 3. The van der Waals surface area contributed by atoms with Gasteiger partial charge in [0.2, 0.25) is 5.91 Å². The summed E-state index contributed by atoms with van der Waals surface area (Å²) in [5, 5.41) is 18.7. The second kappa shape index (κ2) is 6.69. The van der Waals surface area contributed by atoms with E-state index in [-0.39, 0.29) is 13.0 Å². The van der Waals surface area contributed by atoms with Crippen LogP contribution < -0.4 is 5.73 Å². The number of benzene rings is 1. The lowest BCUT2D eigenvalue weighted by molar-refractivity contribution is -0.148. The van der Waals surface area contributed by atoms with Gasteiger partial charge in [-0.25, -0.2) is 4.79 Å². The van der Waals surface area contributed by atoms with E-state index in [4.69, 9.17) is 10.8 Å². The van der Waals surface area contributed by atoms with Gasteiger partial charge in [-0.15, -0.1) is 0 Å². The highest BCUT2D eigenvalue weighted by molar-refractivity contribution is 5.87. The topological polar surface area (TPSA) is 104 Å². The molecule has 1 amide bonds. The summed E-state index contributed by atoms with van der Waals surface area (Å²) in [7, 11) is 0. The number of hydrogen-bond acceptors (Lipinski definition) is 4. The summed E-state index contributed by atoms with van der Waals surface area (Å²) in [6.45, 7) is 0.0365. The van der Waals surface area contributed by atoms with Crippen molar-refractivity contribution in [2.45, 2.75) is 37.5 Å². The molecule has 4 N–H and O–H groups in total. The predicted molar refractivity (Wildman–Crippen MR) is 76.5 cm³/mol. The maximum absolute atomic E-state index is 12.3. The van der Waals surface area contributed by atoms with Gasteiger partial charge >= 0.3 is 5.97 Å². The molecule has 1 aliphatic heterocycles. The van der Waals surface area contributed by atoms with Crippen molar-refractivity contribution in [2.24, 2.45) is 5.73 Å². The Morgan fingerprint density at radius 2 is 2.00 bits per heavy atom. The van der Waals surface area contributed by atoms with Gasteiger partial charge in [0.15, 0.2) is 0 Å². The molecule has 6 heteroatoms. The predicted octanol–water partition coefficient (Wildman–Crippen LogP) is -0.00710. The zero-order chi connectivity index (χ0) is 15.4. The second-order valence-corrected chi connectivity index (χ2v) is 5.36. The minimum Gasteiger partial charge on any atom is -0.480 e. The molecule has 6 nitrogen and oxygen atoms in total. The van der Waals surface area contributed by atoms with Crippen LogP contribution in [0.2, 0.25) is 0 Å². The molecule has 0 saturated carbocycles. The van der Waals surface area contributed by atoms with E-state index in [2.05, 4.69) is 0 Å². The van der Waals surface area contributed by atoms with Gasteiger partial charge in [-0.2, -0.15) is 0 Å². The minimum atomic E-state index is -1.10. The van der Waals surface area contributed by atoms with Crippen LogP contribution in [-0.4, -0.2) is 51.7 Å². The standard InChI is InChI=1S/C15H20N2O4/c16-12(7-6-10-4-2-1-3-5-10)14(19)17-9-11(18)8-13(17)15(20)21/h1-5,11-13,18H,6-9,16H2,(H,20,21)/t11-,12?,13-/m1/s1.